The number of rotatable bonds is 3. The summed E-state index contributed by atoms with van der Waals surface area (Å²) in [4.78, 5) is 10.8. The van der Waals surface area contributed by atoms with E-state index in [1.807, 2.05) is 12.1 Å². The van der Waals surface area contributed by atoms with Crippen molar-refractivity contribution in [3.63, 3.8) is 0 Å². The summed E-state index contributed by atoms with van der Waals surface area (Å²) < 4.78 is 0. The quantitative estimate of drug-likeness (QED) is 0.584. The lowest BCUT2D eigenvalue weighted by Gasteiger charge is -2.35. The maximum Gasteiger partial charge on any atom is 0.142 e. The minimum atomic E-state index is -0.000954. The van der Waals surface area contributed by atoms with Gasteiger partial charge in [-0.15, -0.1) is 0 Å². The van der Waals surface area contributed by atoms with Gasteiger partial charge in [0.2, 0.25) is 0 Å². The molecular formula is C21H20O. The average Bonchev–Trinajstić information content (AvgIpc) is 2.52. The Morgan fingerprint density at radius 3 is 2.36 bits per heavy atom. The second kappa shape index (κ2) is 5.76. The second-order valence-corrected chi connectivity index (χ2v) is 6.37. The first-order valence-electron chi connectivity index (χ1n) is 7.64. The summed E-state index contributed by atoms with van der Waals surface area (Å²) in [6, 6.07) is 19.0. The van der Waals surface area contributed by atoms with E-state index in [1.165, 1.54) is 27.8 Å². The van der Waals surface area contributed by atoms with E-state index in [1.54, 1.807) is 6.08 Å². The van der Waals surface area contributed by atoms with Gasteiger partial charge in [0.1, 0.15) is 6.29 Å². The summed E-state index contributed by atoms with van der Waals surface area (Å²) in [5, 5.41) is 0. The smallest absolute Gasteiger partial charge is 0.142 e. The predicted molar refractivity (Wildman–Crippen MR) is 91.6 cm³/mol. The fourth-order valence-electron chi connectivity index (χ4n) is 3.33. The van der Waals surface area contributed by atoms with E-state index in [-0.39, 0.29) is 5.41 Å². The van der Waals surface area contributed by atoms with Gasteiger partial charge < -0.3 is 0 Å². The number of allylic oxidation sites excluding steroid dienone is 3. The zero-order chi connectivity index (χ0) is 15.6. The van der Waals surface area contributed by atoms with Crippen molar-refractivity contribution in [1.82, 2.24) is 0 Å². The number of aldehydes is 1. The molecule has 0 unspecified atom stereocenters. The van der Waals surface area contributed by atoms with Crippen LogP contribution in [-0.2, 0) is 11.2 Å². The third kappa shape index (κ3) is 2.55. The first-order valence-corrected chi connectivity index (χ1v) is 7.64. The van der Waals surface area contributed by atoms with E-state index < -0.39 is 0 Å². The lowest BCUT2D eigenvalue weighted by atomic mass is 9.68. The topological polar surface area (TPSA) is 17.1 Å². The first kappa shape index (κ1) is 14.5. The standard InChI is InChI=1S/C21H20O/c1-21(2)15-17-11-6-7-12-18(17)20(19(21)13-8-14-22)16-9-4-3-5-10-16/h3-14H,15H2,1-2H3/b13-8+. The summed E-state index contributed by atoms with van der Waals surface area (Å²) >= 11 is 0. The molecule has 0 spiro atoms. The molecule has 0 saturated carbocycles. The normalized spacial score (nSPS) is 16.6. The molecule has 0 amide bonds. The van der Waals surface area contributed by atoms with Crippen LogP contribution >= 0.6 is 0 Å². The number of benzene rings is 2. The van der Waals surface area contributed by atoms with Gasteiger partial charge >= 0.3 is 0 Å². The van der Waals surface area contributed by atoms with Crippen molar-refractivity contribution in [1.29, 1.82) is 0 Å². The molecule has 3 rings (SSSR count). The third-order valence-electron chi connectivity index (χ3n) is 4.32. The maximum atomic E-state index is 10.8. The number of hydrogen-bond acceptors (Lipinski definition) is 1. The summed E-state index contributed by atoms with van der Waals surface area (Å²) in [6.07, 6.45) is 5.42. The Labute approximate surface area is 132 Å². The maximum absolute atomic E-state index is 10.8. The molecule has 0 saturated heterocycles. The lowest BCUT2D eigenvalue weighted by Crippen LogP contribution is -2.24. The van der Waals surface area contributed by atoms with Crippen molar-refractivity contribution in [3.8, 4) is 0 Å². The van der Waals surface area contributed by atoms with E-state index in [2.05, 4.69) is 62.4 Å². The van der Waals surface area contributed by atoms with Gasteiger partial charge in [-0.2, -0.15) is 0 Å². The summed E-state index contributed by atoms with van der Waals surface area (Å²) in [7, 11) is 0. The molecule has 0 heterocycles. The van der Waals surface area contributed by atoms with Gasteiger partial charge in [0.25, 0.3) is 0 Å². The van der Waals surface area contributed by atoms with E-state index in [0.717, 1.165) is 12.7 Å². The molecule has 0 N–H and O–H groups in total. The Bertz CT molecular complexity index is 748. The molecule has 1 aliphatic carbocycles. The molecule has 1 nitrogen and oxygen atoms in total. The molecule has 2 aromatic carbocycles. The zero-order valence-corrected chi connectivity index (χ0v) is 13.0. The van der Waals surface area contributed by atoms with E-state index in [0.29, 0.717) is 0 Å². The Balaban J connectivity index is 2.33. The van der Waals surface area contributed by atoms with Crippen molar-refractivity contribution in [2.24, 2.45) is 5.41 Å². The first-order chi connectivity index (χ1) is 10.6. The van der Waals surface area contributed by atoms with Crippen LogP contribution in [0.3, 0.4) is 0 Å². The molecule has 0 atom stereocenters. The van der Waals surface area contributed by atoms with E-state index in [4.69, 9.17) is 0 Å². The van der Waals surface area contributed by atoms with Gasteiger partial charge in [-0.3, -0.25) is 4.79 Å². The molecule has 1 aliphatic rings. The van der Waals surface area contributed by atoms with Crippen molar-refractivity contribution in [2.75, 3.05) is 0 Å². The van der Waals surface area contributed by atoms with Crippen LogP contribution in [0.2, 0.25) is 0 Å². The van der Waals surface area contributed by atoms with E-state index >= 15 is 0 Å². The highest BCUT2D eigenvalue weighted by molar-refractivity contribution is 5.88. The molecule has 0 bridgehead atoms. The number of carbonyl (C=O) groups is 1. The number of hydrogen-bond donors (Lipinski definition) is 0. The number of fused-ring (bicyclic) bond motifs is 1. The summed E-state index contributed by atoms with van der Waals surface area (Å²) in [5.74, 6) is 0. The summed E-state index contributed by atoms with van der Waals surface area (Å²) in [6.45, 7) is 4.49. The minimum absolute atomic E-state index is 0.000954. The Hall–Kier alpha value is -2.41. The van der Waals surface area contributed by atoms with Gasteiger partial charge in [-0.1, -0.05) is 74.5 Å². The van der Waals surface area contributed by atoms with Crippen LogP contribution in [0.25, 0.3) is 5.57 Å². The van der Waals surface area contributed by atoms with Gasteiger partial charge in [0.15, 0.2) is 0 Å². The van der Waals surface area contributed by atoms with Crippen LogP contribution in [0.15, 0.2) is 72.3 Å². The fraction of sp³-hybridized carbons (Fsp3) is 0.190. The van der Waals surface area contributed by atoms with Crippen LogP contribution in [-0.4, -0.2) is 6.29 Å². The summed E-state index contributed by atoms with van der Waals surface area (Å²) in [5.41, 5.74) is 6.32. The van der Waals surface area contributed by atoms with Crippen molar-refractivity contribution in [2.45, 2.75) is 20.3 Å². The molecule has 22 heavy (non-hydrogen) atoms. The van der Waals surface area contributed by atoms with Crippen molar-refractivity contribution >= 4 is 11.9 Å². The lowest BCUT2D eigenvalue weighted by molar-refractivity contribution is -0.104. The van der Waals surface area contributed by atoms with Crippen LogP contribution in [0.5, 0.6) is 0 Å². The average molecular weight is 288 g/mol. The highest BCUT2D eigenvalue weighted by Crippen LogP contribution is 2.45. The zero-order valence-electron chi connectivity index (χ0n) is 13.0. The minimum Gasteiger partial charge on any atom is -0.299 e. The third-order valence-corrected chi connectivity index (χ3v) is 4.32. The van der Waals surface area contributed by atoms with Crippen LogP contribution < -0.4 is 0 Å². The van der Waals surface area contributed by atoms with Crippen molar-refractivity contribution < 1.29 is 4.79 Å². The largest absolute Gasteiger partial charge is 0.299 e. The molecule has 1 heteroatoms. The molecule has 0 fully saturated rings. The molecule has 110 valence electrons. The molecular weight excluding hydrogens is 268 g/mol. The molecule has 2 aromatic rings. The molecule has 0 aliphatic heterocycles. The van der Waals surface area contributed by atoms with E-state index in [9.17, 15) is 4.79 Å². The Morgan fingerprint density at radius 1 is 0.955 bits per heavy atom. The Morgan fingerprint density at radius 2 is 1.64 bits per heavy atom. The van der Waals surface area contributed by atoms with Crippen LogP contribution in [0.4, 0.5) is 0 Å². The number of carbonyl (C=O) groups excluding carboxylic acids is 1. The molecule has 0 radical (unpaired) electrons. The molecule has 0 aromatic heterocycles. The van der Waals surface area contributed by atoms with Crippen LogP contribution in [0.1, 0.15) is 30.5 Å². The van der Waals surface area contributed by atoms with Crippen molar-refractivity contribution in [3.05, 3.63) is 89.0 Å². The van der Waals surface area contributed by atoms with Gasteiger partial charge in [0.05, 0.1) is 0 Å². The highest BCUT2D eigenvalue weighted by atomic mass is 16.1. The SMILES string of the molecule is CC1(C)Cc2ccccc2C(c2ccccc2)=C1/C=C/C=O. The van der Waals surface area contributed by atoms with Gasteiger partial charge in [0, 0.05) is 0 Å². The van der Waals surface area contributed by atoms with Gasteiger partial charge in [-0.25, -0.2) is 0 Å². The monoisotopic (exact) mass is 288 g/mol. The Kier molecular flexibility index (Phi) is 3.81. The predicted octanol–water partition coefficient (Wildman–Crippen LogP) is 4.83. The highest BCUT2D eigenvalue weighted by Gasteiger charge is 2.32. The van der Waals surface area contributed by atoms with Gasteiger partial charge in [-0.05, 0) is 45.7 Å². The second-order valence-electron chi connectivity index (χ2n) is 6.37. The van der Waals surface area contributed by atoms with Crippen LogP contribution in [0, 0.1) is 5.41 Å². The fourth-order valence-corrected chi connectivity index (χ4v) is 3.33.